The molecule has 0 amide bonds. The molecule has 1 aliphatic carbocycles. The zero-order valence-electron chi connectivity index (χ0n) is 15.6. The van der Waals surface area contributed by atoms with E-state index in [2.05, 4.69) is 0 Å². The molecule has 6 heteroatoms. The summed E-state index contributed by atoms with van der Waals surface area (Å²) in [6.45, 7) is 1.72. The van der Waals surface area contributed by atoms with Gasteiger partial charge in [0, 0.05) is 18.8 Å². The van der Waals surface area contributed by atoms with E-state index in [0.29, 0.717) is 38.5 Å². The number of aliphatic carboxylic acids is 1. The highest BCUT2D eigenvalue weighted by Crippen LogP contribution is 2.36. The molecule has 0 spiro atoms. The van der Waals surface area contributed by atoms with Gasteiger partial charge in [0.05, 0.1) is 24.4 Å². The number of aliphatic hydroxyl groups is 4. The van der Waals surface area contributed by atoms with Crippen molar-refractivity contribution in [3.8, 4) is 0 Å². The Balaban J connectivity index is 2.46. The first-order valence-corrected chi connectivity index (χ1v) is 9.58. The number of rotatable bonds is 12. The van der Waals surface area contributed by atoms with E-state index in [9.17, 15) is 25.2 Å². The lowest BCUT2D eigenvalue weighted by Gasteiger charge is -2.19. The fraction of sp³-hybridized carbons (Fsp3) is 0.750. The van der Waals surface area contributed by atoms with Gasteiger partial charge in [0.15, 0.2) is 0 Å². The van der Waals surface area contributed by atoms with Crippen LogP contribution < -0.4 is 0 Å². The van der Waals surface area contributed by atoms with Crippen molar-refractivity contribution < 1.29 is 30.3 Å². The maximum Gasteiger partial charge on any atom is 0.303 e. The molecule has 0 aromatic rings. The Kier molecular flexibility index (Phi) is 10.7. The Bertz CT molecular complexity index is 459. The maximum absolute atomic E-state index is 10.5. The molecule has 0 aromatic heterocycles. The molecule has 1 unspecified atom stereocenters. The second kappa shape index (κ2) is 12.2. The molecule has 0 heterocycles. The molecule has 1 rings (SSSR count). The van der Waals surface area contributed by atoms with Gasteiger partial charge in [-0.1, -0.05) is 24.3 Å². The average molecular weight is 370 g/mol. The van der Waals surface area contributed by atoms with E-state index in [4.69, 9.17) is 5.11 Å². The van der Waals surface area contributed by atoms with Crippen molar-refractivity contribution in [1.82, 2.24) is 0 Å². The van der Waals surface area contributed by atoms with Crippen LogP contribution in [0.25, 0.3) is 0 Å². The summed E-state index contributed by atoms with van der Waals surface area (Å²) in [7, 11) is 0. The van der Waals surface area contributed by atoms with Gasteiger partial charge in [-0.25, -0.2) is 0 Å². The molecule has 6 atom stereocenters. The van der Waals surface area contributed by atoms with E-state index in [1.165, 1.54) is 0 Å². The van der Waals surface area contributed by atoms with Crippen LogP contribution in [0, 0.1) is 11.8 Å². The first-order valence-electron chi connectivity index (χ1n) is 9.58. The highest BCUT2D eigenvalue weighted by molar-refractivity contribution is 5.66. The van der Waals surface area contributed by atoms with Crippen LogP contribution in [-0.2, 0) is 4.79 Å². The summed E-state index contributed by atoms with van der Waals surface area (Å²) in [4.78, 5) is 10.5. The van der Waals surface area contributed by atoms with Crippen molar-refractivity contribution in [2.75, 3.05) is 0 Å². The van der Waals surface area contributed by atoms with Gasteiger partial charge in [0.1, 0.15) is 0 Å². The Morgan fingerprint density at radius 3 is 2.50 bits per heavy atom. The lowest BCUT2D eigenvalue weighted by atomic mass is 9.89. The van der Waals surface area contributed by atoms with E-state index >= 15 is 0 Å². The van der Waals surface area contributed by atoms with E-state index in [1.807, 2.05) is 12.2 Å². The molecule has 0 radical (unpaired) electrons. The zero-order chi connectivity index (χ0) is 19.5. The van der Waals surface area contributed by atoms with Crippen LogP contribution in [0.2, 0.25) is 0 Å². The molecule has 0 saturated heterocycles. The summed E-state index contributed by atoms with van der Waals surface area (Å²) < 4.78 is 0. The molecule has 150 valence electrons. The van der Waals surface area contributed by atoms with E-state index in [0.717, 1.165) is 6.42 Å². The first kappa shape index (κ1) is 22.8. The Morgan fingerprint density at radius 1 is 1.12 bits per heavy atom. The van der Waals surface area contributed by atoms with Gasteiger partial charge in [-0.3, -0.25) is 4.79 Å². The van der Waals surface area contributed by atoms with Crippen LogP contribution in [0.1, 0.15) is 58.3 Å². The monoisotopic (exact) mass is 370 g/mol. The maximum atomic E-state index is 10.5. The lowest BCUT2D eigenvalue weighted by Crippen LogP contribution is -2.20. The number of carboxylic acids is 1. The molecule has 5 N–H and O–H groups in total. The van der Waals surface area contributed by atoms with Gasteiger partial charge >= 0.3 is 5.97 Å². The fourth-order valence-corrected chi connectivity index (χ4v) is 3.42. The minimum absolute atomic E-state index is 0.110. The van der Waals surface area contributed by atoms with Gasteiger partial charge in [-0.15, -0.1) is 0 Å². The molecule has 0 aliphatic heterocycles. The first-order chi connectivity index (χ1) is 12.3. The number of allylic oxidation sites excluding steroid dienone is 2. The third-order valence-corrected chi connectivity index (χ3v) is 4.93. The van der Waals surface area contributed by atoms with Crippen molar-refractivity contribution in [1.29, 1.82) is 0 Å². The molecule has 6 nitrogen and oxygen atoms in total. The number of carboxylic acid groups (broad SMARTS) is 1. The topological polar surface area (TPSA) is 118 Å². The van der Waals surface area contributed by atoms with Crippen molar-refractivity contribution in [2.24, 2.45) is 11.8 Å². The van der Waals surface area contributed by atoms with Crippen LogP contribution >= 0.6 is 0 Å². The quantitative estimate of drug-likeness (QED) is 0.265. The van der Waals surface area contributed by atoms with Gasteiger partial charge in [-0.2, -0.15) is 0 Å². The summed E-state index contributed by atoms with van der Waals surface area (Å²) in [5, 5.41) is 48.2. The van der Waals surface area contributed by atoms with Crippen molar-refractivity contribution in [3.05, 3.63) is 24.3 Å². The van der Waals surface area contributed by atoms with Gasteiger partial charge < -0.3 is 25.5 Å². The predicted molar refractivity (Wildman–Crippen MR) is 99.5 cm³/mol. The van der Waals surface area contributed by atoms with Crippen LogP contribution in [0.4, 0.5) is 0 Å². The van der Waals surface area contributed by atoms with Crippen molar-refractivity contribution in [2.45, 2.75) is 82.7 Å². The number of hydrogen-bond donors (Lipinski definition) is 5. The molecular weight excluding hydrogens is 336 g/mol. The molecule has 1 saturated carbocycles. The molecule has 0 aromatic carbocycles. The normalized spacial score (nSPS) is 28.8. The SMILES string of the molecule is CC(O)CCC[C@H](O)/C=C/[C@@H]1[C@@H](C/C=C\CCCC(=O)O)[C@@H](O)C[C@H]1O. The Labute approximate surface area is 155 Å². The fourth-order valence-electron chi connectivity index (χ4n) is 3.42. The largest absolute Gasteiger partial charge is 0.481 e. The predicted octanol–water partition coefficient (Wildman–Crippen LogP) is 2.01. The number of carbonyl (C=O) groups is 1. The van der Waals surface area contributed by atoms with Crippen LogP contribution in [0.15, 0.2) is 24.3 Å². The highest BCUT2D eigenvalue weighted by Gasteiger charge is 2.39. The van der Waals surface area contributed by atoms with E-state index in [1.54, 1.807) is 19.1 Å². The summed E-state index contributed by atoms with van der Waals surface area (Å²) >= 11 is 0. The number of aliphatic hydroxyl groups excluding tert-OH is 4. The van der Waals surface area contributed by atoms with E-state index in [-0.39, 0.29) is 24.4 Å². The summed E-state index contributed by atoms with van der Waals surface area (Å²) in [6.07, 6.45) is 9.41. The molecule has 26 heavy (non-hydrogen) atoms. The van der Waals surface area contributed by atoms with Crippen LogP contribution in [0.3, 0.4) is 0 Å². The minimum Gasteiger partial charge on any atom is -0.481 e. The van der Waals surface area contributed by atoms with Crippen molar-refractivity contribution in [3.63, 3.8) is 0 Å². The summed E-state index contributed by atoms with van der Waals surface area (Å²) in [6, 6.07) is 0. The third-order valence-electron chi connectivity index (χ3n) is 4.93. The Morgan fingerprint density at radius 2 is 1.85 bits per heavy atom. The summed E-state index contributed by atoms with van der Waals surface area (Å²) in [5.41, 5.74) is 0. The standard InChI is InChI=1S/C20H34O6/c1-14(21)7-6-8-15(22)11-12-17-16(18(23)13-19(17)24)9-4-2-3-5-10-20(25)26/h2,4,11-12,14-19,21-24H,3,5-10,13H2,1H3,(H,25,26)/b4-2-,12-11+/t14?,15-,16+,17+,18-,19+/m0/s1. The minimum atomic E-state index is -0.801. The number of hydrogen-bond acceptors (Lipinski definition) is 5. The van der Waals surface area contributed by atoms with Gasteiger partial charge in [-0.05, 0) is 51.4 Å². The van der Waals surface area contributed by atoms with Crippen molar-refractivity contribution >= 4 is 5.97 Å². The highest BCUT2D eigenvalue weighted by atomic mass is 16.4. The van der Waals surface area contributed by atoms with E-state index < -0.39 is 24.3 Å². The van der Waals surface area contributed by atoms with Crippen LogP contribution in [0.5, 0.6) is 0 Å². The van der Waals surface area contributed by atoms with Gasteiger partial charge in [0.25, 0.3) is 0 Å². The molecule has 1 aliphatic rings. The smallest absolute Gasteiger partial charge is 0.303 e. The second-order valence-electron chi connectivity index (χ2n) is 7.34. The third kappa shape index (κ3) is 8.94. The van der Waals surface area contributed by atoms with Gasteiger partial charge in [0.2, 0.25) is 0 Å². The summed E-state index contributed by atoms with van der Waals surface area (Å²) in [5.74, 6) is -1.12. The molecule has 0 bridgehead atoms. The molecule has 1 fully saturated rings. The second-order valence-corrected chi connectivity index (χ2v) is 7.34. The average Bonchev–Trinajstić information content (AvgIpc) is 2.81. The number of unbranched alkanes of at least 4 members (excludes halogenated alkanes) is 1. The van der Waals surface area contributed by atoms with Crippen LogP contribution in [-0.4, -0.2) is 55.9 Å². The lowest BCUT2D eigenvalue weighted by molar-refractivity contribution is -0.137. The Hall–Kier alpha value is -1.21. The molecular formula is C20H34O6. The zero-order valence-corrected chi connectivity index (χ0v) is 15.6.